The summed E-state index contributed by atoms with van der Waals surface area (Å²) in [6.45, 7) is 2.98. The summed E-state index contributed by atoms with van der Waals surface area (Å²) in [5, 5.41) is 10.9. The number of nitriles is 1. The van der Waals surface area contributed by atoms with E-state index >= 15 is 0 Å². The molecule has 246 valence electrons. The highest BCUT2D eigenvalue weighted by atomic mass is 32.2. The molecule has 48 heavy (non-hydrogen) atoms. The van der Waals surface area contributed by atoms with Crippen molar-refractivity contribution in [1.82, 2.24) is 0 Å². The first-order valence-electron chi connectivity index (χ1n) is 15.0. The Morgan fingerprint density at radius 2 is 0.875 bits per heavy atom. The molecular weight excluding hydrogens is 647 g/mol. The molecule has 0 aliphatic carbocycles. The second-order valence-electron chi connectivity index (χ2n) is 11.8. The van der Waals surface area contributed by atoms with Crippen molar-refractivity contribution in [3.8, 4) is 6.07 Å². The summed E-state index contributed by atoms with van der Waals surface area (Å²) in [5.41, 5.74) is 5.90. The van der Waals surface area contributed by atoms with Crippen LogP contribution < -0.4 is 9.80 Å². The maximum atomic E-state index is 11.4. The minimum absolute atomic E-state index is 0.157. The highest BCUT2D eigenvalue weighted by molar-refractivity contribution is 7.86. The van der Waals surface area contributed by atoms with Gasteiger partial charge in [-0.05, 0) is 83.3 Å². The van der Waals surface area contributed by atoms with Crippen molar-refractivity contribution >= 4 is 31.6 Å². The van der Waals surface area contributed by atoms with Crippen molar-refractivity contribution in [1.29, 1.82) is 5.26 Å². The maximum Gasteiger partial charge on any atom is 0.294 e. The molecule has 0 unspecified atom stereocenters. The standard InChI is InChI=1S/C37H35N3O6S2/c1-27-4-10-30(11-5-27)37(26-38,31-12-16-33(17-13-31)39(2)24-28-6-20-35(21-7-28)47(41,42)43)32-14-18-34(19-15-32)40(3)25-29-8-22-36(23-9-29)48(44,45)46/h4-23H,24-25H2,1-3H3,(H,41,42,43)(H,44,45,46). The van der Waals surface area contributed by atoms with E-state index < -0.39 is 25.7 Å². The van der Waals surface area contributed by atoms with Crippen molar-refractivity contribution in [2.24, 2.45) is 0 Å². The molecule has 0 atom stereocenters. The lowest BCUT2D eigenvalue weighted by molar-refractivity contribution is 0.481. The maximum absolute atomic E-state index is 11.4. The molecule has 11 heteroatoms. The Bertz CT molecular complexity index is 2020. The third-order valence-corrected chi connectivity index (χ3v) is 10.2. The molecule has 0 aromatic heterocycles. The third kappa shape index (κ3) is 7.43. The first kappa shape index (κ1) is 34.3. The summed E-state index contributed by atoms with van der Waals surface area (Å²) in [5.74, 6) is 0. The molecule has 5 rings (SSSR count). The van der Waals surface area contributed by atoms with Crippen LogP contribution >= 0.6 is 0 Å². The molecule has 0 aliphatic heterocycles. The highest BCUT2D eigenvalue weighted by Gasteiger charge is 2.37. The van der Waals surface area contributed by atoms with Crippen LogP contribution in [-0.4, -0.2) is 40.0 Å². The van der Waals surface area contributed by atoms with Crippen molar-refractivity contribution in [3.05, 3.63) is 155 Å². The number of hydrogen-bond acceptors (Lipinski definition) is 7. The highest BCUT2D eigenvalue weighted by Crippen LogP contribution is 2.40. The zero-order chi connectivity index (χ0) is 34.7. The summed E-state index contributed by atoms with van der Waals surface area (Å²) in [6, 6.07) is 38.3. The molecule has 0 radical (unpaired) electrons. The Morgan fingerprint density at radius 1 is 0.562 bits per heavy atom. The van der Waals surface area contributed by atoms with Crippen molar-refractivity contribution in [3.63, 3.8) is 0 Å². The van der Waals surface area contributed by atoms with Gasteiger partial charge in [0.2, 0.25) is 0 Å². The predicted octanol–water partition coefficient (Wildman–Crippen LogP) is 6.62. The van der Waals surface area contributed by atoms with Crippen LogP contribution in [-0.2, 0) is 38.7 Å². The SMILES string of the molecule is Cc1ccc(C(C#N)(c2ccc(N(C)Cc3ccc(S(=O)(=O)O)cc3)cc2)c2ccc(N(C)Cc3ccc(S(=O)(=O)O)cc3)cc2)cc1. The van der Waals surface area contributed by atoms with Crippen LogP contribution in [0.25, 0.3) is 0 Å². The molecule has 5 aromatic carbocycles. The van der Waals surface area contributed by atoms with Gasteiger partial charge in [0.15, 0.2) is 0 Å². The summed E-state index contributed by atoms with van der Waals surface area (Å²) in [6.07, 6.45) is 0. The Balaban J connectivity index is 1.42. The minimum atomic E-state index is -4.26. The topological polar surface area (TPSA) is 139 Å². The summed E-state index contributed by atoms with van der Waals surface area (Å²) < 4.78 is 64.1. The lowest BCUT2D eigenvalue weighted by Gasteiger charge is -2.30. The van der Waals surface area contributed by atoms with Gasteiger partial charge >= 0.3 is 0 Å². The molecule has 2 N–H and O–H groups in total. The van der Waals surface area contributed by atoms with E-state index in [2.05, 4.69) is 6.07 Å². The largest absolute Gasteiger partial charge is 0.370 e. The first-order chi connectivity index (χ1) is 22.7. The number of rotatable bonds is 11. The van der Waals surface area contributed by atoms with Gasteiger partial charge in [-0.3, -0.25) is 9.11 Å². The van der Waals surface area contributed by atoms with Crippen molar-refractivity contribution in [2.75, 3.05) is 23.9 Å². The molecule has 0 heterocycles. The van der Waals surface area contributed by atoms with Gasteiger partial charge in [-0.15, -0.1) is 0 Å². The van der Waals surface area contributed by atoms with Crippen LogP contribution in [0.4, 0.5) is 11.4 Å². The first-order valence-corrected chi connectivity index (χ1v) is 17.8. The molecule has 0 spiro atoms. The van der Waals surface area contributed by atoms with Crippen LogP contribution in [0.15, 0.2) is 131 Å². The lowest BCUT2D eigenvalue weighted by Crippen LogP contribution is -2.28. The van der Waals surface area contributed by atoms with Gasteiger partial charge in [0.1, 0.15) is 5.41 Å². The van der Waals surface area contributed by atoms with Gasteiger partial charge < -0.3 is 9.80 Å². The number of hydrogen-bond donors (Lipinski definition) is 2. The average molecular weight is 682 g/mol. The molecule has 0 fully saturated rings. The summed E-state index contributed by atoms with van der Waals surface area (Å²) >= 11 is 0. The average Bonchev–Trinajstić information content (AvgIpc) is 3.06. The number of benzene rings is 5. The number of nitrogens with zero attached hydrogens (tertiary/aromatic N) is 3. The quantitative estimate of drug-likeness (QED) is 0.116. The van der Waals surface area contributed by atoms with Crippen LogP contribution in [0.2, 0.25) is 0 Å². The lowest BCUT2D eigenvalue weighted by atomic mass is 9.70. The second-order valence-corrected chi connectivity index (χ2v) is 14.6. The Hall–Kier alpha value is -4.99. The number of anilines is 2. The molecule has 0 saturated heterocycles. The van der Waals surface area contributed by atoms with Crippen LogP contribution in [0.3, 0.4) is 0 Å². The minimum Gasteiger partial charge on any atom is -0.370 e. The fourth-order valence-corrected chi connectivity index (χ4v) is 6.65. The second kappa shape index (κ2) is 13.6. The van der Waals surface area contributed by atoms with Crippen LogP contribution in [0, 0.1) is 18.3 Å². The molecule has 0 aliphatic rings. The van der Waals surface area contributed by atoms with Gasteiger partial charge in [-0.1, -0.05) is 78.4 Å². The fourth-order valence-electron chi connectivity index (χ4n) is 5.69. The number of aryl methyl sites for hydroxylation is 1. The van der Waals surface area contributed by atoms with E-state index in [4.69, 9.17) is 0 Å². The zero-order valence-electron chi connectivity index (χ0n) is 26.6. The molecule has 5 aromatic rings. The van der Waals surface area contributed by atoms with Gasteiger partial charge in [-0.25, -0.2) is 0 Å². The van der Waals surface area contributed by atoms with E-state index in [-0.39, 0.29) is 9.79 Å². The molecule has 0 amide bonds. The Kier molecular flexibility index (Phi) is 9.75. The van der Waals surface area contributed by atoms with Crippen LogP contribution in [0.5, 0.6) is 0 Å². The fraction of sp³-hybridized carbons (Fsp3) is 0.162. The Labute approximate surface area is 281 Å². The van der Waals surface area contributed by atoms with E-state index in [1.807, 2.05) is 104 Å². The van der Waals surface area contributed by atoms with E-state index in [0.717, 1.165) is 44.8 Å². The van der Waals surface area contributed by atoms with E-state index in [9.17, 15) is 31.2 Å². The Morgan fingerprint density at radius 3 is 1.17 bits per heavy atom. The van der Waals surface area contributed by atoms with Gasteiger partial charge in [-0.2, -0.15) is 22.1 Å². The molecule has 9 nitrogen and oxygen atoms in total. The summed E-state index contributed by atoms with van der Waals surface area (Å²) in [4.78, 5) is 3.70. The molecule has 0 bridgehead atoms. The summed E-state index contributed by atoms with van der Waals surface area (Å²) in [7, 11) is -4.69. The molecule has 0 saturated carbocycles. The smallest absolute Gasteiger partial charge is 0.294 e. The van der Waals surface area contributed by atoms with Gasteiger partial charge in [0, 0.05) is 38.6 Å². The van der Waals surface area contributed by atoms with Crippen molar-refractivity contribution in [2.45, 2.75) is 35.2 Å². The third-order valence-electron chi connectivity index (χ3n) is 8.42. The molecular formula is C37H35N3O6S2. The monoisotopic (exact) mass is 681 g/mol. The zero-order valence-corrected chi connectivity index (χ0v) is 28.3. The van der Waals surface area contributed by atoms with Crippen LogP contribution in [0.1, 0.15) is 33.4 Å². The van der Waals surface area contributed by atoms with E-state index in [1.54, 1.807) is 24.3 Å². The van der Waals surface area contributed by atoms with Gasteiger partial charge in [0.25, 0.3) is 20.2 Å². The normalized spacial score (nSPS) is 11.9. The van der Waals surface area contributed by atoms with Gasteiger partial charge in [0.05, 0.1) is 15.9 Å². The predicted molar refractivity (Wildman–Crippen MR) is 186 cm³/mol. The van der Waals surface area contributed by atoms with Crippen molar-refractivity contribution < 1.29 is 25.9 Å². The van der Waals surface area contributed by atoms with E-state index in [1.165, 1.54) is 24.3 Å². The van der Waals surface area contributed by atoms with E-state index in [0.29, 0.717) is 13.1 Å².